The van der Waals surface area contributed by atoms with Gasteiger partial charge in [-0.2, -0.15) is 0 Å². The second-order valence-electron chi connectivity index (χ2n) is 4.62. The molecule has 1 aromatic rings. The maximum absolute atomic E-state index is 6.08. The van der Waals surface area contributed by atoms with E-state index in [0.29, 0.717) is 0 Å². The second-order valence-corrected chi connectivity index (χ2v) is 4.62. The van der Waals surface area contributed by atoms with Crippen LogP contribution in [0.1, 0.15) is 25.3 Å². The highest BCUT2D eigenvalue weighted by molar-refractivity contribution is 5.28. The molecule has 2 nitrogen and oxygen atoms in total. The smallest absolute Gasteiger partial charge is 0.120 e. The van der Waals surface area contributed by atoms with Crippen molar-refractivity contribution in [3.05, 3.63) is 29.8 Å². The molecule has 1 aliphatic rings. The third-order valence-corrected chi connectivity index (χ3v) is 3.02. The number of piperidine rings is 1. The Morgan fingerprint density at radius 2 is 2.00 bits per heavy atom. The summed E-state index contributed by atoms with van der Waals surface area (Å²) in [6.07, 6.45) is 2.17. The van der Waals surface area contributed by atoms with Crippen LogP contribution in [0.15, 0.2) is 24.3 Å². The molecule has 0 saturated carbocycles. The van der Waals surface area contributed by atoms with Crippen LogP contribution in [0.4, 0.5) is 0 Å². The lowest BCUT2D eigenvalue weighted by molar-refractivity contribution is 0.0555. The van der Waals surface area contributed by atoms with Crippen molar-refractivity contribution in [1.29, 1.82) is 0 Å². The number of hydrogen-bond acceptors (Lipinski definition) is 2. The molecule has 1 N–H and O–H groups in total. The predicted molar refractivity (Wildman–Crippen MR) is 62.3 cm³/mol. The summed E-state index contributed by atoms with van der Waals surface area (Å²) in [7, 11) is 0. The van der Waals surface area contributed by atoms with E-state index in [0.717, 1.165) is 31.7 Å². The summed E-state index contributed by atoms with van der Waals surface area (Å²) in [5.74, 6) is 0.999. The number of hydrogen-bond donors (Lipinski definition) is 1. The van der Waals surface area contributed by atoms with Gasteiger partial charge in [-0.05, 0) is 57.5 Å². The fraction of sp³-hybridized carbons (Fsp3) is 0.538. The van der Waals surface area contributed by atoms with Gasteiger partial charge in [0, 0.05) is 0 Å². The Bertz CT molecular complexity index is 329. The van der Waals surface area contributed by atoms with E-state index >= 15 is 0 Å². The maximum Gasteiger partial charge on any atom is 0.120 e. The first-order valence-electron chi connectivity index (χ1n) is 5.64. The third-order valence-electron chi connectivity index (χ3n) is 3.02. The molecule has 0 radical (unpaired) electrons. The van der Waals surface area contributed by atoms with Crippen LogP contribution in [0.2, 0.25) is 0 Å². The molecule has 0 spiro atoms. The first kappa shape index (κ1) is 10.5. The highest BCUT2D eigenvalue weighted by Gasteiger charge is 2.28. The van der Waals surface area contributed by atoms with Gasteiger partial charge in [-0.25, -0.2) is 0 Å². The van der Waals surface area contributed by atoms with Crippen LogP contribution >= 0.6 is 0 Å². The van der Waals surface area contributed by atoms with E-state index in [9.17, 15) is 0 Å². The molecule has 1 aromatic carbocycles. The number of rotatable bonds is 2. The molecule has 2 rings (SSSR count). The minimum Gasteiger partial charge on any atom is -0.487 e. The minimum atomic E-state index is 0.0129. The van der Waals surface area contributed by atoms with Crippen molar-refractivity contribution < 1.29 is 4.74 Å². The Kier molecular flexibility index (Phi) is 2.96. The molecule has 1 heterocycles. The van der Waals surface area contributed by atoms with Gasteiger partial charge in [-0.1, -0.05) is 12.1 Å². The lowest BCUT2D eigenvalue weighted by Crippen LogP contribution is -2.43. The zero-order chi connectivity index (χ0) is 10.7. The van der Waals surface area contributed by atoms with Crippen LogP contribution in [0.3, 0.4) is 0 Å². The van der Waals surface area contributed by atoms with E-state index in [-0.39, 0.29) is 5.60 Å². The highest BCUT2D eigenvalue weighted by atomic mass is 16.5. The van der Waals surface area contributed by atoms with Crippen LogP contribution in [-0.4, -0.2) is 18.7 Å². The van der Waals surface area contributed by atoms with Crippen molar-refractivity contribution in [3.8, 4) is 5.75 Å². The fourth-order valence-electron chi connectivity index (χ4n) is 2.02. The molecule has 0 atom stereocenters. The number of benzene rings is 1. The SMILES string of the molecule is Cc1cccc(OC2(C)CCNCC2)c1. The lowest BCUT2D eigenvalue weighted by atomic mass is 9.94. The van der Waals surface area contributed by atoms with Gasteiger partial charge in [0.15, 0.2) is 0 Å². The van der Waals surface area contributed by atoms with Gasteiger partial charge in [-0.15, -0.1) is 0 Å². The monoisotopic (exact) mass is 205 g/mol. The molecule has 2 heteroatoms. The van der Waals surface area contributed by atoms with E-state index in [4.69, 9.17) is 4.74 Å². The summed E-state index contributed by atoms with van der Waals surface area (Å²) >= 11 is 0. The topological polar surface area (TPSA) is 21.3 Å². The van der Waals surface area contributed by atoms with Crippen molar-refractivity contribution in [1.82, 2.24) is 5.32 Å². The number of aryl methyl sites for hydroxylation is 1. The normalized spacial score (nSPS) is 19.9. The van der Waals surface area contributed by atoms with Crippen LogP contribution < -0.4 is 10.1 Å². The van der Waals surface area contributed by atoms with Crippen molar-refractivity contribution in [2.75, 3.05) is 13.1 Å². The molecule has 0 bridgehead atoms. The van der Waals surface area contributed by atoms with Crippen LogP contribution in [0.25, 0.3) is 0 Å². The van der Waals surface area contributed by atoms with Gasteiger partial charge in [0.25, 0.3) is 0 Å². The van der Waals surface area contributed by atoms with Crippen molar-refractivity contribution >= 4 is 0 Å². The first-order valence-corrected chi connectivity index (χ1v) is 5.64. The Morgan fingerprint density at radius 3 is 2.67 bits per heavy atom. The molecular formula is C13H19NO. The summed E-state index contributed by atoms with van der Waals surface area (Å²) in [4.78, 5) is 0. The molecule has 0 amide bonds. The van der Waals surface area contributed by atoms with Gasteiger partial charge < -0.3 is 10.1 Å². The average molecular weight is 205 g/mol. The molecule has 82 valence electrons. The standard InChI is InChI=1S/C13H19NO/c1-11-4-3-5-12(10-11)15-13(2)6-8-14-9-7-13/h3-5,10,14H,6-9H2,1-2H3. The fourth-order valence-corrected chi connectivity index (χ4v) is 2.02. The van der Waals surface area contributed by atoms with Gasteiger partial charge >= 0.3 is 0 Å². The summed E-state index contributed by atoms with van der Waals surface area (Å²) in [5.41, 5.74) is 1.27. The van der Waals surface area contributed by atoms with Crippen molar-refractivity contribution in [2.45, 2.75) is 32.3 Å². The average Bonchev–Trinajstić information content (AvgIpc) is 2.18. The van der Waals surface area contributed by atoms with E-state index in [1.807, 2.05) is 6.07 Å². The lowest BCUT2D eigenvalue weighted by Gasteiger charge is -2.34. The molecule has 0 aromatic heterocycles. The quantitative estimate of drug-likeness (QED) is 0.801. The summed E-state index contributed by atoms with van der Waals surface area (Å²) in [6.45, 7) is 6.42. The Morgan fingerprint density at radius 1 is 1.27 bits per heavy atom. The van der Waals surface area contributed by atoms with E-state index in [1.165, 1.54) is 5.56 Å². The van der Waals surface area contributed by atoms with Crippen LogP contribution in [-0.2, 0) is 0 Å². The van der Waals surface area contributed by atoms with Gasteiger partial charge in [0.05, 0.1) is 0 Å². The van der Waals surface area contributed by atoms with Gasteiger partial charge in [-0.3, -0.25) is 0 Å². The first-order chi connectivity index (χ1) is 7.18. The zero-order valence-electron chi connectivity index (χ0n) is 9.55. The Labute approximate surface area is 91.6 Å². The highest BCUT2D eigenvalue weighted by Crippen LogP contribution is 2.26. The molecule has 15 heavy (non-hydrogen) atoms. The molecule has 0 unspecified atom stereocenters. The third kappa shape index (κ3) is 2.72. The van der Waals surface area contributed by atoms with E-state index in [1.54, 1.807) is 0 Å². The van der Waals surface area contributed by atoms with Gasteiger partial charge in [0.2, 0.25) is 0 Å². The molecule has 1 saturated heterocycles. The second kappa shape index (κ2) is 4.23. The Balaban J connectivity index is 2.06. The maximum atomic E-state index is 6.08. The minimum absolute atomic E-state index is 0.0129. The predicted octanol–water partition coefficient (Wildman–Crippen LogP) is 2.52. The van der Waals surface area contributed by atoms with Crippen LogP contribution in [0, 0.1) is 6.92 Å². The summed E-state index contributed by atoms with van der Waals surface area (Å²) < 4.78 is 6.08. The number of nitrogens with one attached hydrogen (secondary N) is 1. The molecule has 1 fully saturated rings. The molecule has 0 aliphatic carbocycles. The zero-order valence-corrected chi connectivity index (χ0v) is 9.55. The van der Waals surface area contributed by atoms with Crippen molar-refractivity contribution in [2.24, 2.45) is 0 Å². The summed E-state index contributed by atoms with van der Waals surface area (Å²) in [5, 5.41) is 3.36. The van der Waals surface area contributed by atoms with Crippen LogP contribution in [0.5, 0.6) is 5.75 Å². The summed E-state index contributed by atoms with van der Waals surface area (Å²) in [6, 6.07) is 8.29. The largest absolute Gasteiger partial charge is 0.487 e. The van der Waals surface area contributed by atoms with Crippen molar-refractivity contribution in [3.63, 3.8) is 0 Å². The molecular weight excluding hydrogens is 186 g/mol. The van der Waals surface area contributed by atoms with Gasteiger partial charge in [0.1, 0.15) is 11.4 Å². The van der Waals surface area contributed by atoms with E-state index < -0.39 is 0 Å². The molecule has 1 aliphatic heterocycles. The Hall–Kier alpha value is -1.02. The van der Waals surface area contributed by atoms with E-state index in [2.05, 4.69) is 37.4 Å². The number of ether oxygens (including phenoxy) is 1.